The first kappa shape index (κ1) is 16.4. The monoisotopic (exact) mass is 293 g/mol. The second-order valence-electron chi connectivity index (χ2n) is 6.66. The van der Waals surface area contributed by atoms with Gasteiger partial charge in [-0.2, -0.15) is 0 Å². The molecule has 3 heteroatoms. The summed E-state index contributed by atoms with van der Waals surface area (Å²) in [5.41, 5.74) is 0.0149. The van der Waals surface area contributed by atoms with Gasteiger partial charge in [0.2, 0.25) is 0 Å². The number of amides is 1. The van der Waals surface area contributed by atoms with E-state index >= 15 is 0 Å². The third-order valence-electron chi connectivity index (χ3n) is 5.20. The third-order valence-corrected chi connectivity index (χ3v) is 5.20. The third kappa shape index (κ3) is 4.49. The maximum absolute atomic E-state index is 12.2. The molecule has 0 radical (unpaired) electrons. The molecule has 120 valence electrons. The maximum Gasteiger partial charge on any atom is 0.410 e. The van der Waals surface area contributed by atoms with Crippen LogP contribution in [0.15, 0.2) is 12.2 Å². The number of carbonyl (C=O) groups is 1. The minimum absolute atomic E-state index is 0.0149. The Labute approximate surface area is 129 Å². The van der Waals surface area contributed by atoms with Crippen LogP contribution in [0.3, 0.4) is 0 Å². The number of carbonyl (C=O) groups excluding carboxylic acids is 1. The largest absolute Gasteiger partial charge is 0.453 e. The predicted octanol–water partition coefficient (Wildman–Crippen LogP) is 5.06. The number of ether oxygens (including phenoxy) is 1. The normalized spacial score (nSPS) is 24.1. The van der Waals surface area contributed by atoms with Crippen LogP contribution in [-0.4, -0.2) is 30.2 Å². The van der Waals surface area contributed by atoms with Crippen LogP contribution in [-0.2, 0) is 4.74 Å². The molecule has 1 aliphatic heterocycles. The molecular formula is C18H31NO2. The molecule has 0 aromatic heterocycles. The van der Waals surface area contributed by atoms with Crippen molar-refractivity contribution in [2.45, 2.75) is 82.6 Å². The molecule has 3 nitrogen and oxygen atoms in total. The summed E-state index contributed by atoms with van der Waals surface area (Å²) in [7, 11) is 1.50. The van der Waals surface area contributed by atoms with E-state index in [9.17, 15) is 4.79 Å². The highest BCUT2D eigenvalue weighted by Gasteiger charge is 2.39. The van der Waals surface area contributed by atoms with Gasteiger partial charge in [-0.1, -0.05) is 69.9 Å². The summed E-state index contributed by atoms with van der Waals surface area (Å²) in [6, 6.07) is 0. The van der Waals surface area contributed by atoms with E-state index in [2.05, 4.69) is 12.2 Å². The summed E-state index contributed by atoms with van der Waals surface area (Å²) in [6.07, 6.45) is 19.5. The van der Waals surface area contributed by atoms with Crippen LogP contribution in [0.25, 0.3) is 0 Å². The molecule has 0 unspecified atom stereocenters. The number of rotatable bonds is 0. The number of methoxy groups -OCH3 is 1. The van der Waals surface area contributed by atoms with E-state index in [-0.39, 0.29) is 11.6 Å². The fraction of sp³-hybridized carbons (Fsp3) is 0.833. The Balaban J connectivity index is 2.07. The van der Waals surface area contributed by atoms with Crippen LogP contribution in [0.2, 0.25) is 0 Å². The Kier molecular flexibility index (Phi) is 6.59. The molecule has 0 N–H and O–H groups in total. The lowest BCUT2D eigenvalue weighted by atomic mass is 9.80. The van der Waals surface area contributed by atoms with Crippen molar-refractivity contribution in [1.82, 2.24) is 4.90 Å². The van der Waals surface area contributed by atoms with Gasteiger partial charge in [-0.05, 0) is 19.3 Å². The minimum atomic E-state index is -0.147. The van der Waals surface area contributed by atoms with Crippen LogP contribution in [0.1, 0.15) is 77.0 Å². The second-order valence-corrected chi connectivity index (χ2v) is 6.66. The standard InChI is InChI=1S/C18H31NO2/c1-21-17(20)19-16-12-11-15-18(19)13-9-7-5-3-2-4-6-8-10-14-18/h11-12H,2-10,13-16H2,1H3. The van der Waals surface area contributed by atoms with Gasteiger partial charge in [0, 0.05) is 6.54 Å². The van der Waals surface area contributed by atoms with E-state index in [1.165, 1.54) is 64.9 Å². The molecular weight excluding hydrogens is 262 g/mol. The molecule has 0 saturated heterocycles. The summed E-state index contributed by atoms with van der Waals surface area (Å²) in [5.74, 6) is 0. The molecule has 1 amide bonds. The van der Waals surface area contributed by atoms with Crippen molar-refractivity contribution in [3.8, 4) is 0 Å². The first-order valence-electron chi connectivity index (χ1n) is 8.79. The molecule has 0 atom stereocenters. The first-order chi connectivity index (χ1) is 10.3. The summed E-state index contributed by atoms with van der Waals surface area (Å²) in [6.45, 7) is 0.715. The quantitative estimate of drug-likeness (QED) is 0.584. The van der Waals surface area contributed by atoms with Crippen molar-refractivity contribution in [3.05, 3.63) is 12.2 Å². The zero-order valence-corrected chi connectivity index (χ0v) is 13.6. The van der Waals surface area contributed by atoms with Crippen molar-refractivity contribution >= 4 is 6.09 Å². The van der Waals surface area contributed by atoms with Crippen LogP contribution in [0.5, 0.6) is 0 Å². The summed E-state index contributed by atoms with van der Waals surface area (Å²) in [5, 5.41) is 0. The Bertz CT molecular complexity index is 339. The van der Waals surface area contributed by atoms with Crippen molar-refractivity contribution in [1.29, 1.82) is 0 Å². The topological polar surface area (TPSA) is 29.5 Å². The summed E-state index contributed by atoms with van der Waals surface area (Å²) < 4.78 is 5.04. The molecule has 1 spiro atoms. The lowest BCUT2D eigenvalue weighted by molar-refractivity contribution is 0.0517. The summed E-state index contributed by atoms with van der Waals surface area (Å²) >= 11 is 0. The highest BCUT2D eigenvalue weighted by Crippen LogP contribution is 2.36. The number of hydrogen-bond acceptors (Lipinski definition) is 2. The van der Waals surface area contributed by atoms with Crippen molar-refractivity contribution < 1.29 is 9.53 Å². The van der Waals surface area contributed by atoms with Crippen LogP contribution >= 0.6 is 0 Å². The fourth-order valence-electron chi connectivity index (χ4n) is 3.91. The van der Waals surface area contributed by atoms with Crippen LogP contribution in [0, 0.1) is 0 Å². The molecule has 2 rings (SSSR count). The van der Waals surface area contributed by atoms with Crippen molar-refractivity contribution in [2.75, 3.05) is 13.7 Å². The van der Waals surface area contributed by atoms with E-state index in [1.54, 1.807) is 0 Å². The van der Waals surface area contributed by atoms with Gasteiger partial charge in [0.15, 0.2) is 0 Å². The predicted molar refractivity (Wildman–Crippen MR) is 86.4 cm³/mol. The van der Waals surface area contributed by atoms with E-state index in [0.717, 1.165) is 19.3 Å². The number of hydrogen-bond donors (Lipinski definition) is 0. The Hall–Kier alpha value is -0.990. The smallest absolute Gasteiger partial charge is 0.410 e. The zero-order valence-electron chi connectivity index (χ0n) is 13.6. The highest BCUT2D eigenvalue weighted by molar-refractivity contribution is 5.69. The maximum atomic E-state index is 12.2. The SMILES string of the molecule is COC(=O)N1CC=CCC12CCCCCCCCCCC2. The van der Waals surface area contributed by atoms with Crippen LogP contribution < -0.4 is 0 Å². The molecule has 1 saturated carbocycles. The van der Waals surface area contributed by atoms with Crippen molar-refractivity contribution in [2.24, 2.45) is 0 Å². The van der Waals surface area contributed by atoms with E-state index in [1.807, 2.05) is 4.90 Å². The van der Waals surface area contributed by atoms with Gasteiger partial charge in [-0.25, -0.2) is 4.79 Å². The van der Waals surface area contributed by atoms with Gasteiger partial charge in [-0.3, -0.25) is 4.90 Å². The van der Waals surface area contributed by atoms with Gasteiger partial charge in [0.05, 0.1) is 12.6 Å². The van der Waals surface area contributed by atoms with Crippen LogP contribution in [0.4, 0.5) is 4.79 Å². The van der Waals surface area contributed by atoms with Gasteiger partial charge in [0.1, 0.15) is 0 Å². The molecule has 1 heterocycles. The van der Waals surface area contributed by atoms with E-state index in [0.29, 0.717) is 6.54 Å². The van der Waals surface area contributed by atoms with Gasteiger partial charge < -0.3 is 4.74 Å². The molecule has 21 heavy (non-hydrogen) atoms. The average Bonchev–Trinajstić information content (AvgIpc) is 2.50. The Morgan fingerprint density at radius 1 is 0.905 bits per heavy atom. The van der Waals surface area contributed by atoms with Gasteiger partial charge in [-0.15, -0.1) is 0 Å². The minimum Gasteiger partial charge on any atom is -0.453 e. The Morgan fingerprint density at radius 3 is 1.95 bits per heavy atom. The van der Waals surface area contributed by atoms with Gasteiger partial charge >= 0.3 is 6.09 Å². The lowest BCUT2D eigenvalue weighted by Gasteiger charge is -2.45. The van der Waals surface area contributed by atoms with Crippen molar-refractivity contribution in [3.63, 3.8) is 0 Å². The zero-order chi connectivity index (χ0) is 15.0. The summed E-state index contributed by atoms with van der Waals surface area (Å²) in [4.78, 5) is 14.2. The molecule has 1 aliphatic carbocycles. The molecule has 0 aromatic rings. The van der Waals surface area contributed by atoms with E-state index in [4.69, 9.17) is 4.74 Å². The fourth-order valence-corrected chi connectivity index (χ4v) is 3.91. The van der Waals surface area contributed by atoms with E-state index < -0.39 is 0 Å². The first-order valence-corrected chi connectivity index (χ1v) is 8.79. The highest BCUT2D eigenvalue weighted by atomic mass is 16.5. The Morgan fingerprint density at radius 2 is 1.43 bits per heavy atom. The average molecular weight is 293 g/mol. The molecule has 2 aliphatic rings. The molecule has 0 aromatic carbocycles. The number of nitrogens with zero attached hydrogens (tertiary/aromatic N) is 1. The molecule has 1 fully saturated rings. The lowest BCUT2D eigenvalue weighted by Crippen LogP contribution is -2.53. The molecule has 0 bridgehead atoms. The van der Waals surface area contributed by atoms with Gasteiger partial charge in [0.25, 0.3) is 0 Å². The second kappa shape index (κ2) is 8.45.